The zero-order valence-corrected chi connectivity index (χ0v) is 16.2. The van der Waals surface area contributed by atoms with Gasteiger partial charge in [-0.2, -0.15) is 0 Å². The number of rotatable bonds is 9. The van der Waals surface area contributed by atoms with E-state index in [1.54, 1.807) is 13.2 Å². The number of nitrogens with two attached hydrogens (primary N) is 1. The van der Waals surface area contributed by atoms with Gasteiger partial charge >= 0.3 is 0 Å². The molecule has 0 bridgehead atoms. The Balaban J connectivity index is 0.00000338. The molecular formula is C20H28ClN3O2. The van der Waals surface area contributed by atoms with Crippen molar-refractivity contribution in [1.29, 1.82) is 0 Å². The van der Waals surface area contributed by atoms with Gasteiger partial charge in [0.05, 0.1) is 7.11 Å². The first-order valence-corrected chi connectivity index (χ1v) is 8.56. The van der Waals surface area contributed by atoms with Gasteiger partial charge in [0, 0.05) is 12.2 Å². The lowest BCUT2D eigenvalue weighted by Crippen LogP contribution is -2.15. The van der Waals surface area contributed by atoms with E-state index in [1.807, 2.05) is 31.2 Å². The lowest BCUT2D eigenvalue weighted by molar-refractivity contribution is 0.373. The number of benzene rings is 1. The number of nitrogen functional groups attached to an aromatic ring is 1. The minimum atomic E-state index is 0. The molecule has 2 aromatic rings. The summed E-state index contributed by atoms with van der Waals surface area (Å²) in [7, 11) is 1.55. The zero-order valence-electron chi connectivity index (χ0n) is 15.4. The van der Waals surface area contributed by atoms with Crippen LogP contribution in [0.4, 0.5) is 5.82 Å². The van der Waals surface area contributed by atoms with E-state index in [0.717, 1.165) is 49.2 Å². The van der Waals surface area contributed by atoms with Crippen LogP contribution in [0.5, 0.6) is 11.5 Å². The summed E-state index contributed by atoms with van der Waals surface area (Å²) in [6.45, 7) is 3.81. The predicted octanol–water partition coefficient (Wildman–Crippen LogP) is 3.73. The average Bonchev–Trinajstić information content (AvgIpc) is 2.57. The number of anilines is 1. The highest BCUT2D eigenvalue weighted by molar-refractivity contribution is 5.85. The molecule has 5 nitrogen and oxygen atoms in total. The Labute approximate surface area is 161 Å². The van der Waals surface area contributed by atoms with E-state index in [4.69, 9.17) is 10.5 Å². The summed E-state index contributed by atoms with van der Waals surface area (Å²) in [6, 6.07) is 9.29. The Morgan fingerprint density at radius 1 is 1.23 bits per heavy atom. The Bertz CT molecular complexity index is 700. The molecule has 0 unspecified atom stereocenters. The minimum absolute atomic E-state index is 0. The fourth-order valence-corrected chi connectivity index (χ4v) is 2.63. The van der Waals surface area contributed by atoms with Crippen LogP contribution in [0.2, 0.25) is 0 Å². The number of halogens is 1. The smallest absolute Gasteiger partial charge is 0.161 e. The number of ether oxygens (including phenoxy) is 1. The summed E-state index contributed by atoms with van der Waals surface area (Å²) in [4.78, 5) is 4.35. The van der Waals surface area contributed by atoms with Crippen molar-refractivity contribution in [1.82, 2.24) is 10.3 Å². The van der Waals surface area contributed by atoms with Gasteiger partial charge in [0.2, 0.25) is 0 Å². The molecule has 0 amide bonds. The number of aromatic hydroxyl groups is 1. The van der Waals surface area contributed by atoms with Gasteiger partial charge < -0.3 is 20.9 Å². The number of methoxy groups -OCH3 is 1. The van der Waals surface area contributed by atoms with Gasteiger partial charge in [0.25, 0.3) is 0 Å². The first-order valence-electron chi connectivity index (χ1n) is 8.56. The van der Waals surface area contributed by atoms with Crippen LogP contribution in [-0.4, -0.2) is 30.3 Å². The van der Waals surface area contributed by atoms with Crippen LogP contribution in [-0.2, 0) is 6.42 Å². The number of hydrogen-bond acceptors (Lipinski definition) is 5. The third kappa shape index (κ3) is 7.33. The second-order valence-corrected chi connectivity index (χ2v) is 6.06. The summed E-state index contributed by atoms with van der Waals surface area (Å²) >= 11 is 0. The van der Waals surface area contributed by atoms with Crippen molar-refractivity contribution < 1.29 is 9.84 Å². The van der Waals surface area contributed by atoms with Gasteiger partial charge in [0.15, 0.2) is 11.5 Å². The molecule has 0 spiro atoms. The van der Waals surface area contributed by atoms with Crippen molar-refractivity contribution >= 4 is 24.3 Å². The van der Waals surface area contributed by atoms with Crippen LogP contribution in [0.25, 0.3) is 6.08 Å². The van der Waals surface area contributed by atoms with E-state index in [9.17, 15) is 5.11 Å². The van der Waals surface area contributed by atoms with Crippen LogP contribution in [0.3, 0.4) is 0 Å². The number of phenols is 1. The maximum absolute atomic E-state index is 9.57. The molecule has 0 aliphatic rings. The van der Waals surface area contributed by atoms with Crippen LogP contribution < -0.4 is 15.8 Å². The Morgan fingerprint density at radius 2 is 2.04 bits per heavy atom. The molecule has 0 aliphatic heterocycles. The highest BCUT2D eigenvalue weighted by Gasteiger charge is 2.00. The standard InChI is InChI=1S/C20H27N3O2.ClH/c1-15-12-17(23-20(21)13-15)7-3-4-10-22-11-5-6-16-8-9-18(24)19(14-16)25-2;/h5-6,8-9,12-14,22,24H,3-4,7,10-11H2,1-2H3,(H2,21,23);1H/b6-5+;. The molecule has 0 aliphatic carbocycles. The molecule has 0 fully saturated rings. The van der Waals surface area contributed by atoms with E-state index in [2.05, 4.69) is 22.4 Å². The number of aromatic nitrogens is 1. The van der Waals surface area contributed by atoms with Gasteiger partial charge in [-0.3, -0.25) is 0 Å². The summed E-state index contributed by atoms with van der Waals surface area (Å²) < 4.78 is 5.10. The van der Waals surface area contributed by atoms with Crippen molar-refractivity contribution in [2.24, 2.45) is 0 Å². The number of hydrogen-bond donors (Lipinski definition) is 3. The lowest BCUT2D eigenvalue weighted by atomic mass is 10.1. The van der Waals surface area contributed by atoms with Crippen molar-refractivity contribution in [3.05, 3.63) is 53.2 Å². The minimum Gasteiger partial charge on any atom is -0.504 e. The third-order valence-electron chi connectivity index (χ3n) is 3.86. The quantitative estimate of drug-likeness (QED) is 0.580. The molecule has 142 valence electrons. The first kappa shape index (κ1) is 21.8. The normalized spacial score (nSPS) is 10.7. The topological polar surface area (TPSA) is 80.4 Å². The summed E-state index contributed by atoms with van der Waals surface area (Å²) in [5.41, 5.74) is 9.00. The van der Waals surface area contributed by atoms with E-state index in [1.165, 1.54) is 0 Å². The number of unbranched alkanes of at least 4 members (excludes halogenated alkanes) is 1. The van der Waals surface area contributed by atoms with E-state index >= 15 is 0 Å². The second-order valence-electron chi connectivity index (χ2n) is 6.06. The molecule has 0 saturated carbocycles. The fourth-order valence-electron chi connectivity index (χ4n) is 2.63. The first-order chi connectivity index (χ1) is 12.1. The molecule has 1 aromatic heterocycles. The highest BCUT2D eigenvalue weighted by atomic mass is 35.5. The Morgan fingerprint density at radius 3 is 2.77 bits per heavy atom. The zero-order chi connectivity index (χ0) is 18.1. The van der Waals surface area contributed by atoms with Crippen molar-refractivity contribution in [2.45, 2.75) is 26.2 Å². The van der Waals surface area contributed by atoms with Crippen LogP contribution in [0.1, 0.15) is 29.7 Å². The highest BCUT2D eigenvalue weighted by Crippen LogP contribution is 2.26. The van der Waals surface area contributed by atoms with Gasteiger partial charge in [0.1, 0.15) is 5.82 Å². The summed E-state index contributed by atoms with van der Waals surface area (Å²) in [5, 5.41) is 13.0. The number of pyridine rings is 1. The molecular weight excluding hydrogens is 350 g/mol. The molecule has 2 rings (SSSR count). The third-order valence-corrected chi connectivity index (χ3v) is 3.86. The van der Waals surface area contributed by atoms with Crippen LogP contribution >= 0.6 is 12.4 Å². The number of nitrogens with zero attached hydrogens (tertiary/aromatic N) is 1. The predicted molar refractivity (Wildman–Crippen MR) is 110 cm³/mol. The monoisotopic (exact) mass is 377 g/mol. The number of nitrogens with one attached hydrogen (secondary N) is 1. The van der Waals surface area contributed by atoms with E-state index < -0.39 is 0 Å². The maximum Gasteiger partial charge on any atom is 0.161 e. The van der Waals surface area contributed by atoms with Gasteiger partial charge in [-0.25, -0.2) is 4.98 Å². The number of phenolic OH excluding ortho intramolecular Hbond substituents is 1. The Kier molecular flexibility index (Phi) is 9.55. The van der Waals surface area contributed by atoms with Crippen LogP contribution in [0, 0.1) is 6.92 Å². The molecule has 1 aromatic carbocycles. The number of aryl methyl sites for hydroxylation is 2. The molecule has 1 heterocycles. The molecule has 0 radical (unpaired) electrons. The van der Waals surface area contributed by atoms with Gasteiger partial charge in [-0.1, -0.05) is 18.2 Å². The molecule has 26 heavy (non-hydrogen) atoms. The molecule has 0 atom stereocenters. The van der Waals surface area contributed by atoms with Crippen molar-refractivity contribution in [3.63, 3.8) is 0 Å². The molecule has 4 N–H and O–H groups in total. The van der Waals surface area contributed by atoms with Crippen molar-refractivity contribution in [2.75, 3.05) is 25.9 Å². The van der Waals surface area contributed by atoms with E-state index in [-0.39, 0.29) is 18.2 Å². The summed E-state index contributed by atoms with van der Waals surface area (Å²) in [5.74, 6) is 1.24. The van der Waals surface area contributed by atoms with Crippen molar-refractivity contribution in [3.8, 4) is 11.5 Å². The summed E-state index contributed by atoms with van der Waals surface area (Å²) in [6.07, 6.45) is 7.21. The van der Waals surface area contributed by atoms with Gasteiger partial charge in [-0.15, -0.1) is 12.4 Å². The lowest BCUT2D eigenvalue weighted by Gasteiger charge is -2.05. The largest absolute Gasteiger partial charge is 0.504 e. The average molecular weight is 378 g/mol. The molecule has 6 heteroatoms. The SMILES string of the molecule is COc1cc(/C=C/CNCCCCc2cc(C)cc(N)n2)ccc1O.Cl. The maximum atomic E-state index is 9.57. The van der Waals surface area contributed by atoms with Crippen LogP contribution in [0.15, 0.2) is 36.4 Å². The fraction of sp³-hybridized carbons (Fsp3) is 0.350. The molecule has 0 saturated heterocycles. The second kappa shape index (κ2) is 11.4. The Hall–Kier alpha value is -2.24. The van der Waals surface area contributed by atoms with Gasteiger partial charge in [-0.05, 0) is 68.1 Å². The van der Waals surface area contributed by atoms with E-state index in [0.29, 0.717) is 11.6 Å².